The molecule has 1 saturated carbocycles. The quantitative estimate of drug-likeness (QED) is 0.885. The van der Waals surface area contributed by atoms with Crippen LogP contribution in [-0.2, 0) is 4.79 Å². The number of aryl methyl sites for hydroxylation is 1. The van der Waals surface area contributed by atoms with Gasteiger partial charge >= 0.3 is 0 Å². The van der Waals surface area contributed by atoms with Crippen LogP contribution in [0.5, 0.6) is 0 Å². The van der Waals surface area contributed by atoms with E-state index >= 15 is 0 Å². The smallest absolute Gasteiger partial charge is 0.244 e. The predicted molar refractivity (Wildman–Crippen MR) is 75.9 cm³/mol. The average molecular weight is 277 g/mol. The molecule has 1 aliphatic carbocycles. The molecule has 1 aromatic carbocycles. The summed E-state index contributed by atoms with van der Waals surface area (Å²) in [5.41, 5.74) is 0.781. The Morgan fingerprint density at radius 3 is 2.63 bits per heavy atom. The second-order valence-electron chi connectivity index (χ2n) is 5.17. The molecule has 0 spiro atoms. The maximum atomic E-state index is 12.4. The molecule has 0 heterocycles. The van der Waals surface area contributed by atoms with Gasteiger partial charge in [0.25, 0.3) is 0 Å². The van der Waals surface area contributed by atoms with Gasteiger partial charge in [-0.3, -0.25) is 4.79 Å². The molecule has 0 atom stereocenters. The van der Waals surface area contributed by atoms with Gasteiger partial charge in [-0.15, -0.1) is 0 Å². The van der Waals surface area contributed by atoms with Gasteiger partial charge < -0.3 is 5.32 Å². The Kier molecular flexibility index (Phi) is 4.11. The molecule has 100 valence electrons. The average Bonchev–Trinajstić information content (AvgIpc) is 2.42. The SMILES string of the molecule is Cc1cc(Cl)ccc1NC(=O)C1(C#N)CCCCC1. The van der Waals surface area contributed by atoms with E-state index in [-0.39, 0.29) is 5.91 Å². The second kappa shape index (κ2) is 5.63. The van der Waals surface area contributed by atoms with Gasteiger partial charge in [0, 0.05) is 10.7 Å². The summed E-state index contributed by atoms with van der Waals surface area (Å²) in [5.74, 6) is -0.180. The van der Waals surface area contributed by atoms with Crippen LogP contribution >= 0.6 is 11.6 Å². The molecule has 1 aromatic rings. The Balaban J connectivity index is 2.18. The van der Waals surface area contributed by atoms with Gasteiger partial charge in [-0.25, -0.2) is 0 Å². The minimum atomic E-state index is -0.857. The number of carbonyl (C=O) groups excluding carboxylic acids is 1. The van der Waals surface area contributed by atoms with Gasteiger partial charge in [0.05, 0.1) is 6.07 Å². The number of hydrogen-bond acceptors (Lipinski definition) is 2. The predicted octanol–water partition coefficient (Wildman–Crippen LogP) is 4.06. The standard InChI is InChI=1S/C15H17ClN2O/c1-11-9-12(16)5-6-13(11)18-14(19)15(10-17)7-3-2-4-8-15/h5-6,9H,2-4,7-8H2,1H3,(H,18,19). The Labute approximate surface area is 118 Å². The van der Waals surface area contributed by atoms with E-state index in [0.717, 1.165) is 30.5 Å². The molecule has 19 heavy (non-hydrogen) atoms. The van der Waals surface area contributed by atoms with Crippen molar-refractivity contribution < 1.29 is 4.79 Å². The molecule has 1 aliphatic rings. The zero-order valence-corrected chi connectivity index (χ0v) is 11.8. The van der Waals surface area contributed by atoms with Gasteiger partial charge in [0.1, 0.15) is 5.41 Å². The molecule has 2 rings (SSSR count). The Bertz CT molecular complexity index is 527. The largest absolute Gasteiger partial charge is 0.324 e. The lowest BCUT2D eigenvalue weighted by atomic mass is 9.74. The van der Waals surface area contributed by atoms with Crippen LogP contribution in [0.1, 0.15) is 37.7 Å². The number of halogens is 1. The van der Waals surface area contributed by atoms with Crippen molar-refractivity contribution in [3.05, 3.63) is 28.8 Å². The monoisotopic (exact) mass is 276 g/mol. The lowest BCUT2D eigenvalue weighted by molar-refractivity contribution is -0.124. The first-order valence-electron chi connectivity index (χ1n) is 6.56. The molecule has 0 bridgehead atoms. The molecule has 1 amide bonds. The van der Waals surface area contributed by atoms with Gasteiger partial charge in [-0.1, -0.05) is 30.9 Å². The third kappa shape index (κ3) is 2.90. The first kappa shape index (κ1) is 13.9. The van der Waals surface area contributed by atoms with E-state index in [4.69, 9.17) is 11.6 Å². The van der Waals surface area contributed by atoms with Gasteiger partial charge in [0.2, 0.25) is 5.91 Å². The molecular weight excluding hydrogens is 260 g/mol. The fourth-order valence-corrected chi connectivity index (χ4v) is 2.78. The lowest BCUT2D eigenvalue weighted by Crippen LogP contribution is -2.36. The van der Waals surface area contributed by atoms with Crippen LogP contribution in [0.4, 0.5) is 5.69 Å². The van der Waals surface area contributed by atoms with Crippen molar-refractivity contribution in [2.24, 2.45) is 5.41 Å². The Hall–Kier alpha value is -1.53. The minimum Gasteiger partial charge on any atom is -0.324 e. The summed E-state index contributed by atoms with van der Waals surface area (Å²) in [6, 6.07) is 7.55. The molecular formula is C15H17ClN2O. The third-order valence-electron chi connectivity index (χ3n) is 3.79. The molecule has 0 saturated heterocycles. The molecule has 1 fully saturated rings. The number of nitrogens with one attached hydrogen (secondary N) is 1. The van der Waals surface area contributed by atoms with E-state index < -0.39 is 5.41 Å². The van der Waals surface area contributed by atoms with Crippen molar-refractivity contribution in [1.82, 2.24) is 0 Å². The summed E-state index contributed by atoms with van der Waals surface area (Å²) in [6.07, 6.45) is 4.31. The van der Waals surface area contributed by atoms with Crippen LogP contribution in [0, 0.1) is 23.7 Å². The number of nitrogens with zero attached hydrogens (tertiary/aromatic N) is 1. The maximum absolute atomic E-state index is 12.4. The van der Waals surface area contributed by atoms with E-state index in [1.807, 2.05) is 6.92 Å². The Morgan fingerprint density at radius 1 is 1.37 bits per heavy atom. The van der Waals surface area contributed by atoms with Crippen molar-refractivity contribution in [3.63, 3.8) is 0 Å². The number of hydrogen-bond donors (Lipinski definition) is 1. The van der Waals surface area contributed by atoms with Gasteiger partial charge in [-0.2, -0.15) is 5.26 Å². The maximum Gasteiger partial charge on any atom is 0.244 e. The third-order valence-corrected chi connectivity index (χ3v) is 4.03. The highest BCUT2D eigenvalue weighted by atomic mass is 35.5. The van der Waals surface area contributed by atoms with Crippen LogP contribution < -0.4 is 5.32 Å². The van der Waals surface area contributed by atoms with Crippen LogP contribution in [0.25, 0.3) is 0 Å². The number of benzene rings is 1. The van der Waals surface area contributed by atoms with Crippen LogP contribution in [0.2, 0.25) is 5.02 Å². The van der Waals surface area contributed by atoms with Gasteiger partial charge in [-0.05, 0) is 43.5 Å². The number of amides is 1. The fourth-order valence-electron chi connectivity index (χ4n) is 2.55. The minimum absolute atomic E-state index is 0.180. The summed E-state index contributed by atoms with van der Waals surface area (Å²) < 4.78 is 0. The van der Waals surface area contributed by atoms with Crippen molar-refractivity contribution in [2.45, 2.75) is 39.0 Å². The summed E-state index contributed by atoms with van der Waals surface area (Å²) in [6.45, 7) is 1.89. The molecule has 3 nitrogen and oxygen atoms in total. The zero-order chi connectivity index (χ0) is 13.9. The van der Waals surface area contributed by atoms with E-state index in [0.29, 0.717) is 17.9 Å². The second-order valence-corrected chi connectivity index (χ2v) is 5.60. The molecule has 1 N–H and O–H groups in total. The van der Waals surface area contributed by atoms with Crippen molar-refractivity contribution in [1.29, 1.82) is 5.26 Å². The van der Waals surface area contributed by atoms with Crippen LogP contribution in [0.3, 0.4) is 0 Å². The molecule has 0 unspecified atom stereocenters. The lowest BCUT2D eigenvalue weighted by Gasteiger charge is -2.29. The number of nitriles is 1. The fraction of sp³-hybridized carbons (Fsp3) is 0.467. The number of anilines is 1. The number of rotatable bonds is 2. The normalized spacial score (nSPS) is 17.5. The van der Waals surface area contributed by atoms with E-state index in [9.17, 15) is 10.1 Å². The van der Waals surface area contributed by atoms with Crippen molar-refractivity contribution >= 4 is 23.2 Å². The van der Waals surface area contributed by atoms with E-state index in [2.05, 4.69) is 11.4 Å². The summed E-state index contributed by atoms with van der Waals surface area (Å²) >= 11 is 5.89. The highest BCUT2D eigenvalue weighted by molar-refractivity contribution is 6.30. The van der Waals surface area contributed by atoms with Gasteiger partial charge in [0.15, 0.2) is 0 Å². The first-order chi connectivity index (χ1) is 9.07. The van der Waals surface area contributed by atoms with Crippen LogP contribution in [-0.4, -0.2) is 5.91 Å². The number of carbonyl (C=O) groups is 1. The summed E-state index contributed by atoms with van der Waals surface area (Å²) in [7, 11) is 0. The van der Waals surface area contributed by atoms with E-state index in [1.165, 1.54) is 0 Å². The summed E-state index contributed by atoms with van der Waals surface area (Å²) in [4.78, 5) is 12.4. The molecule has 0 radical (unpaired) electrons. The topological polar surface area (TPSA) is 52.9 Å². The Morgan fingerprint density at radius 2 is 2.05 bits per heavy atom. The van der Waals surface area contributed by atoms with Crippen molar-refractivity contribution in [2.75, 3.05) is 5.32 Å². The summed E-state index contributed by atoms with van der Waals surface area (Å²) in [5, 5.41) is 12.9. The highest BCUT2D eigenvalue weighted by Gasteiger charge is 2.39. The molecule has 4 heteroatoms. The first-order valence-corrected chi connectivity index (χ1v) is 6.94. The van der Waals surface area contributed by atoms with Crippen molar-refractivity contribution in [3.8, 4) is 6.07 Å². The van der Waals surface area contributed by atoms with Crippen LogP contribution in [0.15, 0.2) is 18.2 Å². The van der Waals surface area contributed by atoms with E-state index in [1.54, 1.807) is 18.2 Å². The highest BCUT2D eigenvalue weighted by Crippen LogP contribution is 2.37. The molecule has 0 aliphatic heterocycles. The molecule has 0 aromatic heterocycles. The zero-order valence-electron chi connectivity index (χ0n) is 11.0.